The van der Waals surface area contributed by atoms with Crippen molar-refractivity contribution in [1.82, 2.24) is 5.32 Å². The maximum atomic E-state index is 13.7. The minimum atomic E-state index is -0.476. The third-order valence-electron chi connectivity index (χ3n) is 3.21. The van der Waals surface area contributed by atoms with Gasteiger partial charge in [0.05, 0.1) is 4.92 Å². The monoisotopic (exact) mass is 308 g/mol. The average molecular weight is 309 g/mol. The van der Waals surface area contributed by atoms with Gasteiger partial charge in [-0.3, -0.25) is 10.1 Å². The van der Waals surface area contributed by atoms with Crippen LogP contribution in [0.25, 0.3) is 0 Å². The second kappa shape index (κ2) is 6.65. The highest BCUT2D eigenvalue weighted by atomic mass is 35.5. The quantitative estimate of drug-likeness (QED) is 0.664. The van der Waals surface area contributed by atoms with Gasteiger partial charge in [-0.2, -0.15) is 0 Å². The van der Waals surface area contributed by atoms with Crippen LogP contribution in [0.15, 0.2) is 42.5 Å². The van der Waals surface area contributed by atoms with Crippen molar-refractivity contribution < 1.29 is 9.31 Å². The third-order valence-corrected chi connectivity index (χ3v) is 3.45. The lowest BCUT2D eigenvalue weighted by molar-refractivity contribution is -0.385. The zero-order chi connectivity index (χ0) is 15.4. The van der Waals surface area contributed by atoms with Crippen LogP contribution < -0.4 is 5.32 Å². The van der Waals surface area contributed by atoms with Crippen molar-refractivity contribution in [3.8, 4) is 0 Å². The molecule has 0 spiro atoms. The molecular formula is C15H14ClFN2O2. The molecule has 0 saturated heterocycles. The fourth-order valence-corrected chi connectivity index (χ4v) is 2.22. The smallest absolute Gasteiger partial charge is 0.275 e. The van der Waals surface area contributed by atoms with Crippen molar-refractivity contribution in [2.45, 2.75) is 19.5 Å². The summed E-state index contributed by atoms with van der Waals surface area (Å²) in [5.74, 6) is -0.303. The summed E-state index contributed by atoms with van der Waals surface area (Å²) in [4.78, 5) is 10.5. The molecule has 2 aromatic carbocycles. The molecule has 0 aromatic heterocycles. The van der Waals surface area contributed by atoms with Crippen LogP contribution in [0.4, 0.5) is 10.1 Å². The molecule has 0 saturated carbocycles. The van der Waals surface area contributed by atoms with Gasteiger partial charge in [-0.1, -0.05) is 29.8 Å². The molecule has 1 atom stereocenters. The van der Waals surface area contributed by atoms with Gasteiger partial charge in [-0.25, -0.2) is 4.39 Å². The molecule has 0 aliphatic rings. The molecule has 0 fully saturated rings. The van der Waals surface area contributed by atoms with Gasteiger partial charge in [0.15, 0.2) is 0 Å². The molecule has 21 heavy (non-hydrogen) atoms. The largest absolute Gasteiger partial charge is 0.306 e. The van der Waals surface area contributed by atoms with Crippen LogP contribution in [-0.2, 0) is 6.54 Å². The summed E-state index contributed by atoms with van der Waals surface area (Å²) in [6.07, 6.45) is 0. The van der Waals surface area contributed by atoms with Crippen LogP contribution in [0, 0.1) is 15.9 Å². The Kier molecular flexibility index (Phi) is 4.88. The number of nitrogens with one attached hydrogen (secondary N) is 1. The fraction of sp³-hybridized carbons (Fsp3) is 0.200. The number of nitro groups is 1. The van der Waals surface area contributed by atoms with Crippen molar-refractivity contribution >= 4 is 17.3 Å². The molecule has 0 aliphatic carbocycles. The first-order chi connectivity index (χ1) is 9.99. The van der Waals surface area contributed by atoms with Crippen LogP contribution >= 0.6 is 11.6 Å². The van der Waals surface area contributed by atoms with E-state index < -0.39 is 4.92 Å². The standard InChI is InChI=1S/C15H14ClFN2O2/c1-10(13-4-2-3-5-14(13)17)18-9-11-6-7-12(16)8-15(11)19(20)21/h2-8,10,18H,9H2,1H3. The number of rotatable bonds is 5. The molecule has 1 N–H and O–H groups in total. The van der Waals surface area contributed by atoms with Gasteiger partial charge in [0.1, 0.15) is 5.82 Å². The van der Waals surface area contributed by atoms with E-state index in [0.29, 0.717) is 16.1 Å². The molecule has 0 amide bonds. The molecule has 4 nitrogen and oxygen atoms in total. The van der Waals surface area contributed by atoms with E-state index >= 15 is 0 Å². The SMILES string of the molecule is CC(NCc1ccc(Cl)cc1[N+](=O)[O-])c1ccccc1F. The van der Waals surface area contributed by atoms with E-state index in [1.807, 2.05) is 0 Å². The Bertz CT molecular complexity index is 664. The second-order valence-electron chi connectivity index (χ2n) is 4.65. The molecule has 0 bridgehead atoms. The van der Waals surface area contributed by atoms with Crippen molar-refractivity contribution in [2.75, 3.05) is 0 Å². The Morgan fingerprint density at radius 3 is 2.71 bits per heavy atom. The summed E-state index contributed by atoms with van der Waals surface area (Å²) in [5.41, 5.74) is 0.984. The zero-order valence-corrected chi connectivity index (χ0v) is 12.1. The van der Waals surface area contributed by atoms with Crippen molar-refractivity contribution in [1.29, 1.82) is 0 Å². The number of benzene rings is 2. The summed E-state index contributed by atoms with van der Waals surface area (Å²) in [6, 6.07) is 10.7. The molecule has 1 unspecified atom stereocenters. The number of hydrogen-bond donors (Lipinski definition) is 1. The fourth-order valence-electron chi connectivity index (χ4n) is 2.06. The highest BCUT2D eigenvalue weighted by Crippen LogP contribution is 2.24. The Balaban J connectivity index is 2.13. The lowest BCUT2D eigenvalue weighted by atomic mass is 10.1. The minimum absolute atomic E-state index is 0.0456. The van der Waals surface area contributed by atoms with E-state index in [0.717, 1.165) is 0 Å². The molecule has 0 heterocycles. The van der Waals surface area contributed by atoms with Crippen LogP contribution in [0.2, 0.25) is 5.02 Å². The Morgan fingerprint density at radius 2 is 2.05 bits per heavy atom. The highest BCUT2D eigenvalue weighted by Gasteiger charge is 2.16. The molecular weight excluding hydrogens is 295 g/mol. The first-order valence-electron chi connectivity index (χ1n) is 6.39. The molecule has 6 heteroatoms. The number of nitro benzene ring substituents is 1. The van der Waals surface area contributed by atoms with E-state index in [-0.39, 0.29) is 24.1 Å². The topological polar surface area (TPSA) is 55.2 Å². The third kappa shape index (κ3) is 3.77. The Morgan fingerprint density at radius 1 is 1.33 bits per heavy atom. The summed E-state index contributed by atoms with van der Waals surface area (Å²) < 4.78 is 13.7. The van der Waals surface area contributed by atoms with Gasteiger partial charge >= 0.3 is 0 Å². The van der Waals surface area contributed by atoms with Crippen molar-refractivity contribution in [3.05, 3.63) is 74.5 Å². The van der Waals surface area contributed by atoms with Crippen molar-refractivity contribution in [2.24, 2.45) is 0 Å². The molecule has 0 radical (unpaired) electrons. The van der Waals surface area contributed by atoms with E-state index in [4.69, 9.17) is 11.6 Å². The van der Waals surface area contributed by atoms with Crippen LogP contribution in [0.3, 0.4) is 0 Å². The highest BCUT2D eigenvalue weighted by molar-refractivity contribution is 6.30. The van der Waals surface area contributed by atoms with Crippen LogP contribution in [-0.4, -0.2) is 4.92 Å². The lowest BCUT2D eigenvalue weighted by Crippen LogP contribution is -2.19. The Hall–Kier alpha value is -1.98. The van der Waals surface area contributed by atoms with E-state index in [1.54, 1.807) is 37.3 Å². The lowest BCUT2D eigenvalue weighted by Gasteiger charge is -2.15. The first kappa shape index (κ1) is 15.4. The van der Waals surface area contributed by atoms with Crippen LogP contribution in [0.5, 0.6) is 0 Å². The van der Waals surface area contributed by atoms with Gasteiger partial charge in [0, 0.05) is 34.8 Å². The summed E-state index contributed by atoms with van der Waals surface area (Å²) in [6.45, 7) is 2.06. The van der Waals surface area contributed by atoms with Gasteiger partial charge in [0.25, 0.3) is 5.69 Å². The number of hydrogen-bond acceptors (Lipinski definition) is 3. The normalized spacial score (nSPS) is 12.1. The molecule has 110 valence electrons. The maximum Gasteiger partial charge on any atom is 0.275 e. The summed E-state index contributed by atoms with van der Waals surface area (Å²) in [7, 11) is 0. The number of nitrogens with zero attached hydrogens (tertiary/aromatic N) is 1. The minimum Gasteiger partial charge on any atom is -0.306 e. The van der Waals surface area contributed by atoms with Gasteiger partial charge in [-0.05, 0) is 25.1 Å². The van der Waals surface area contributed by atoms with Gasteiger partial charge in [0.2, 0.25) is 0 Å². The number of halogens is 2. The average Bonchev–Trinajstić information content (AvgIpc) is 2.46. The zero-order valence-electron chi connectivity index (χ0n) is 11.3. The predicted octanol–water partition coefficient (Wildman–Crippen LogP) is 4.24. The molecule has 0 aliphatic heterocycles. The Labute approximate surface area is 126 Å². The van der Waals surface area contributed by atoms with Gasteiger partial charge in [-0.15, -0.1) is 0 Å². The predicted molar refractivity (Wildman–Crippen MR) is 79.8 cm³/mol. The first-order valence-corrected chi connectivity index (χ1v) is 6.77. The second-order valence-corrected chi connectivity index (χ2v) is 5.09. The van der Waals surface area contributed by atoms with E-state index in [9.17, 15) is 14.5 Å². The van der Waals surface area contributed by atoms with E-state index in [1.165, 1.54) is 12.1 Å². The molecule has 2 rings (SSSR count). The van der Waals surface area contributed by atoms with Crippen molar-refractivity contribution in [3.63, 3.8) is 0 Å². The summed E-state index contributed by atoms with van der Waals surface area (Å²) in [5, 5.41) is 14.4. The van der Waals surface area contributed by atoms with Gasteiger partial charge < -0.3 is 5.32 Å². The molecule has 2 aromatic rings. The summed E-state index contributed by atoms with van der Waals surface area (Å²) >= 11 is 5.77. The maximum absolute atomic E-state index is 13.7. The van der Waals surface area contributed by atoms with E-state index in [2.05, 4.69) is 5.32 Å². The van der Waals surface area contributed by atoms with Crippen LogP contribution in [0.1, 0.15) is 24.1 Å².